The van der Waals surface area contributed by atoms with E-state index in [0.717, 1.165) is 16.8 Å². The highest BCUT2D eigenvalue weighted by atomic mass is 16.5. The van der Waals surface area contributed by atoms with Crippen molar-refractivity contribution < 1.29 is 9.53 Å². The third-order valence-corrected chi connectivity index (χ3v) is 3.45. The van der Waals surface area contributed by atoms with Crippen molar-refractivity contribution in [2.75, 3.05) is 0 Å². The van der Waals surface area contributed by atoms with Crippen LogP contribution in [0.2, 0.25) is 0 Å². The molecule has 0 unspecified atom stereocenters. The summed E-state index contributed by atoms with van der Waals surface area (Å²) in [5.74, 6) is -0.384. The van der Waals surface area contributed by atoms with Gasteiger partial charge in [0.25, 0.3) is 0 Å². The topological polar surface area (TPSA) is 39.2 Å². The lowest BCUT2D eigenvalue weighted by Crippen LogP contribution is -2.00. The van der Waals surface area contributed by atoms with Crippen LogP contribution in [-0.4, -0.2) is 11.0 Å². The fourth-order valence-electron chi connectivity index (χ4n) is 2.24. The predicted octanol–water partition coefficient (Wildman–Crippen LogP) is 4.51. The van der Waals surface area contributed by atoms with E-state index in [0.29, 0.717) is 5.69 Å². The number of carbonyl (C=O) groups is 1. The molecule has 3 aromatic rings. The Hall–Kier alpha value is -3.20. The summed E-state index contributed by atoms with van der Waals surface area (Å²) in [6, 6.07) is 25.2. The molecular formula is C21H17NO2. The molecule has 1 aromatic heterocycles. The van der Waals surface area contributed by atoms with Crippen LogP contribution in [0.1, 0.15) is 11.3 Å². The molecule has 0 aliphatic rings. The van der Waals surface area contributed by atoms with Crippen LogP contribution in [0.3, 0.4) is 0 Å². The quantitative estimate of drug-likeness (QED) is 0.514. The van der Waals surface area contributed by atoms with Crippen LogP contribution >= 0.6 is 0 Å². The van der Waals surface area contributed by atoms with Crippen molar-refractivity contribution in [3.63, 3.8) is 0 Å². The number of benzene rings is 2. The van der Waals surface area contributed by atoms with Crippen LogP contribution in [0.5, 0.6) is 0 Å². The van der Waals surface area contributed by atoms with Crippen LogP contribution in [-0.2, 0) is 16.1 Å². The molecule has 0 aliphatic carbocycles. The normalized spacial score (nSPS) is 10.7. The average molecular weight is 315 g/mol. The van der Waals surface area contributed by atoms with E-state index >= 15 is 0 Å². The zero-order valence-corrected chi connectivity index (χ0v) is 13.1. The summed E-state index contributed by atoms with van der Waals surface area (Å²) in [4.78, 5) is 16.3. The summed E-state index contributed by atoms with van der Waals surface area (Å²) in [7, 11) is 0. The van der Waals surface area contributed by atoms with E-state index in [2.05, 4.69) is 4.98 Å². The van der Waals surface area contributed by atoms with E-state index in [4.69, 9.17) is 4.74 Å². The van der Waals surface area contributed by atoms with Crippen LogP contribution in [0.25, 0.3) is 17.3 Å². The number of esters is 1. The van der Waals surface area contributed by atoms with Gasteiger partial charge in [-0.25, -0.2) is 9.78 Å². The standard InChI is InChI=1S/C21H17NO2/c23-21(24-16-17-8-3-1-4-9-17)15-14-19-12-7-13-20(22-19)18-10-5-2-6-11-18/h1-15H,16H2. The molecule has 0 spiro atoms. The molecule has 3 nitrogen and oxygen atoms in total. The fourth-order valence-corrected chi connectivity index (χ4v) is 2.24. The molecule has 0 bridgehead atoms. The second-order valence-electron chi connectivity index (χ2n) is 5.24. The van der Waals surface area contributed by atoms with Crippen LogP contribution in [0.15, 0.2) is 84.9 Å². The average Bonchev–Trinajstić information content (AvgIpc) is 2.66. The van der Waals surface area contributed by atoms with Gasteiger partial charge < -0.3 is 4.74 Å². The lowest BCUT2D eigenvalue weighted by molar-refractivity contribution is -0.138. The molecule has 0 N–H and O–H groups in total. The summed E-state index contributed by atoms with van der Waals surface area (Å²) in [6.45, 7) is 0.265. The van der Waals surface area contributed by atoms with Crippen LogP contribution in [0, 0.1) is 0 Å². The minimum atomic E-state index is -0.384. The van der Waals surface area contributed by atoms with Gasteiger partial charge in [-0.05, 0) is 23.8 Å². The number of ether oxygens (including phenoxy) is 1. The maximum atomic E-state index is 11.8. The predicted molar refractivity (Wildman–Crippen MR) is 94.9 cm³/mol. The smallest absolute Gasteiger partial charge is 0.331 e. The maximum Gasteiger partial charge on any atom is 0.331 e. The Morgan fingerprint density at radius 1 is 0.875 bits per heavy atom. The van der Waals surface area contributed by atoms with E-state index in [9.17, 15) is 4.79 Å². The first-order valence-electron chi connectivity index (χ1n) is 7.72. The Morgan fingerprint density at radius 3 is 2.33 bits per heavy atom. The molecule has 0 saturated carbocycles. The van der Waals surface area contributed by atoms with Gasteiger partial charge in [-0.15, -0.1) is 0 Å². The Bertz CT molecular complexity index is 827. The Morgan fingerprint density at radius 2 is 1.58 bits per heavy atom. The summed E-state index contributed by atoms with van der Waals surface area (Å²) >= 11 is 0. The first-order valence-corrected chi connectivity index (χ1v) is 7.72. The zero-order valence-electron chi connectivity index (χ0n) is 13.1. The van der Waals surface area contributed by atoms with Crippen molar-refractivity contribution in [3.05, 3.63) is 96.2 Å². The fraction of sp³-hybridized carbons (Fsp3) is 0.0476. The molecule has 0 fully saturated rings. The number of carbonyl (C=O) groups excluding carboxylic acids is 1. The van der Waals surface area contributed by atoms with Crippen molar-refractivity contribution >= 4 is 12.0 Å². The molecule has 0 saturated heterocycles. The van der Waals surface area contributed by atoms with Gasteiger partial charge in [0.1, 0.15) is 6.61 Å². The number of hydrogen-bond acceptors (Lipinski definition) is 3. The lowest BCUT2D eigenvalue weighted by Gasteiger charge is -2.03. The molecule has 3 rings (SSSR count). The van der Waals surface area contributed by atoms with Gasteiger partial charge in [-0.1, -0.05) is 66.7 Å². The molecular weight excluding hydrogens is 298 g/mol. The second-order valence-corrected chi connectivity index (χ2v) is 5.24. The van der Waals surface area contributed by atoms with Crippen molar-refractivity contribution in [1.29, 1.82) is 0 Å². The number of nitrogens with zero attached hydrogens (tertiary/aromatic N) is 1. The highest BCUT2D eigenvalue weighted by molar-refractivity contribution is 5.86. The highest BCUT2D eigenvalue weighted by Crippen LogP contribution is 2.16. The number of rotatable bonds is 5. The second kappa shape index (κ2) is 7.88. The Balaban J connectivity index is 1.63. The van der Waals surface area contributed by atoms with E-state index in [-0.39, 0.29) is 12.6 Å². The first-order chi connectivity index (χ1) is 11.8. The molecule has 118 valence electrons. The summed E-state index contributed by atoms with van der Waals surface area (Å²) in [5, 5.41) is 0. The molecule has 1 heterocycles. The van der Waals surface area contributed by atoms with Gasteiger partial charge >= 0.3 is 5.97 Å². The van der Waals surface area contributed by atoms with E-state index in [1.807, 2.05) is 78.9 Å². The molecule has 2 aromatic carbocycles. The third kappa shape index (κ3) is 4.40. The molecule has 0 radical (unpaired) electrons. The number of pyridine rings is 1. The SMILES string of the molecule is O=C(C=Cc1cccc(-c2ccccc2)n1)OCc1ccccc1. The van der Waals surface area contributed by atoms with Gasteiger partial charge in [0, 0.05) is 11.6 Å². The summed E-state index contributed by atoms with van der Waals surface area (Å²) in [6.07, 6.45) is 3.07. The van der Waals surface area contributed by atoms with Crippen molar-refractivity contribution in [1.82, 2.24) is 4.98 Å². The minimum absolute atomic E-state index is 0.265. The van der Waals surface area contributed by atoms with Crippen molar-refractivity contribution in [2.24, 2.45) is 0 Å². The minimum Gasteiger partial charge on any atom is -0.458 e. The largest absolute Gasteiger partial charge is 0.458 e. The Labute approximate surface area is 141 Å². The molecule has 0 amide bonds. The molecule has 3 heteroatoms. The van der Waals surface area contributed by atoms with E-state index < -0.39 is 0 Å². The van der Waals surface area contributed by atoms with E-state index in [1.54, 1.807) is 6.08 Å². The number of aromatic nitrogens is 1. The van der Waals surface area contributed by atoms with Gasteiger partial charge in [0.2, 0.25) is 0 Å². The monoisotopic (exact) mass is 315 g/mol. The molecule has 0 atom stereocenters. The van der Waals surface area contributed by atoms with Gasteiger partial charge in [-0.3, -0.25) is 0 Å². The summed E-state index contributed by atoms with van der Waals surface area (Å²) < 4.78 is 5.21. The molecule has 0 aliphatic heterocycles. The van der Waals surface area contributed by atoms with Crippen LogP contribution < -0.4 is 0 Å². The Kier molecular flexibility index (Phi) is 5.15. The first kappa shape index (κ1) is 15.7. The lowest BCUT2D eigenvalue weighted by atomic mass is 10.1. The van der Waals surface area contributed by atoms with Gasteiger partial charge in [0.05, 0.1) is 11.4 Å². The third-order valence-electron chi connectivity index (χ3n) is 3.45. The highest BCUT2D eigenvalue weighted by Gasteiger charge is 2.01. The van der Waals surface area contributed by atoms with Gasteiger partial charge in [-0.2, -0.15) is 0 Å². The maximum absolute atomic E-state index is 11.8. The molecule has 24 heavy (non-hydrogen) atoms. The number of hydrogen-bond donors (Lipinski definition) is 0. The van der Waals surface area contributed by atoms with Crippen molar-refractivity contribution in [3.8, 4) is 11.3 Å². The van der Waals surface area contributed by atoms with E-state index in [1.165, 1.54) is 6.08 Å². The van der Waals surface area contributed by atoms with Gasteiger partial charge in [0.15, 0.2) is 0 Å². The van der Waals surface area contributed by atoms with Crippen molar-refractivity contribution in [2.45, 2.75) is 6.61 Å². The van der Waals surface area contributed by atoms with Crippen LogP contribution in [0.4, 0.5) is 0 Å². The summed E-state index contributed by atoms with van der Waals surface area (Å²) in [5.41, 5.74) is 3.59. The zero-order chi connectivity index (χ0) is 16.6.